The van der Waals surface area contributed by atoms with Gasteiger partial charge in [0, 0.05) is 30.4 Å². The lowest BCUT2D eigenvalue weighted by atomic mass is 10.0. The molecule has 8 heteroatoms. The summed E-state index contributed by atoms with van der Waals surface area (Å²) in [7, 11) is 1.84. The van der Waals surface area contributed by atoms with E-state index in [-0.39, 0.29) is 11.6 Å². The molecule has 0 aliphatic heterocycles. The van der Waals surface area contributed by atoms with Crippen molar-refractivity contribution in [2.75, 3.05) is 0 Å². The number of benzene rings is 1. The van der Waals surface area contributed by atoms with E-state index in [4.69, 9.17) is 4.98 Å². The summed E-state index contributed by atoms with van der Waals surface area (Å²) in [6.45, 7) is 7.34. The van der Waals surface area contributed by atoms with Crippen molar-refractivity contribution in [1.29, 1.82) is 0 Å². The lowest BCUT2D eigenvalue weighted by Gasteiger charge is -2.38. The summed E-state index contributed by atoms with van der Waals surface area (Å²) in [6, 6.07) is 5.08. The van der Waals surface area contributed by atoms with Crippen LogP contribution >= 0.6 is 0 Å². The average molecular weight is 409 g/mol. The molecule has 1 atom stereocenters. The second-order valence-corrected chi connectivity index (χ2v) is 8.98. The van der Waals surface area contributed by atoms with Crippen molar-refractivity contribution >= 4 is 17.0 Å². The van der Waals surface area contributed by atoms with E-state index in [1.54, 1.807) is 22.4 Å². The number of carbonyl (C=O) groups is 1. The number of aromatic nitrogens is 4. The third-order valence-electron chi connectivity index (χ3n) is 5.57. The van der Waals surface area contributed by atoms with E-state index in [1.807, 2.05) is 52.2 Å². The summed E-state index contributed by atoms with van der Waals surface area (Å²) < 4.78 is 3.42. The van der Waals surface area contributed by atoms with E-state index in [2.05, 4.69) is 5.10 Å². The Morgan fingerprint density at radius 1 is 1.30 bits per heavy atom. The van der Waals surface area contributed by atoms with Gasteiger partial charge in [-0.05, 0) is 52.2 Å². The van der Waals surface area contributed by atoms with E-state index in [9.17, 15) is 14.7 Å². The molecule has 1 aliphatic carbocycles. The van der Waals surface area contributed by atoms with Crippen molar-refractivity contribution in [2.45, 2.75) is 58.2 Å². The number of amides is 1. The Labute approximate surface area is 174 Å². The van der Waals surface area contributed by atoms with Gasteiger partial charge >= 0.3 is 6.09 Å². The minimum absolute atomic E-state index is 0.0596. The largest absolute Gasteiger partial charge is 0.465 e. The van der Waals surface area contributed by atoms with Gasteiger partial charge in [0.1, 0.15) is 5.82 Å². The molecule has 2 aromatic heterocycles. The first-order valence-corrected chi connectivity index (χ1v) is 10.2. The Balaban J connectivity index is 1.98. The van der Waals surface area contributed by atoms with Crippen molar-refractivity contribution in [3.63, 3.8) is 0 Å². The molecule has 8 nitrogen and oxygen atoms in total. The van der Waals surface area contributed by atoms with Crippen LogP contribution in [0.4, 0.5) is 4.79 Å². The maximum atomic E-state index is 13.7. The lowest BCUT2D eigenvalue weighted by Crippen LogP contribution is -2.47. The van der Waals surface area contributed by atoms with Crippen LogP contribution in [0.25, 0.3) is 22.0 Å². The Morgan fingerprint density at radius 3 is 2.53 bits per heavy atom. The van der Waals surface area contributed by atoms with Gasteiger partial charge in [0.15, 0.2) is 0 Å². The normalized spacial score (nSPS) is 15.4. The van der Waals surface area contributed by atoms with Gasteiger partial charge in [-0.25, -0.2) is 9.78 Å². The molecule has 1 amide bonds. The van der Waals surface area contributed by atoms with Crippen LogP contribution in [0.1, 0.15) is 58.4 Å². The van der Waals surface area contributed by atoms with Crippen LogP contribution < -0.4 is 5.56 Å². The zero-order chi connectivity index (χ0) is 21.8. The van der Waals surface area contributed by atoms with E-state index >= 15 is 0 Å². The van der Waals surface area contributed by atoms with Crippen LogP contribution in [0.2, 0.25) is 0 Å². The van der Waals surface area contributed by atoms with Crippen LogP contribution in [0.5, 0.6) is 0 Å². The Kier molecular flexibility index (Phi) is 4.67. The van der Waals surface area contributed by atoms with Gasteiger partial charge in [-0.15, -0.1) is 0 Å². The second kappa shape index (κ2) is 6.97. The average Bonchev–Trinajstić information content (AvgIpc) is 3.39. The third-order valence-corrected chi connectivity index (χ3v) is 5.57. The van der Waals surface area contributed by atoms with Crippen LogP contribution in [0.15, 0.2) is 35.4 Å². The lowest BCUT2D eigenvalue weighted by molar-refractivity contribution is 0.0711. The Morgan fingerprint density at radius 2 is 2.00 bits per heavy atom. The van der Waals surface area contributed by atoms with Gasteiger partial charge in [0.05, 0.1) is 23.1 Å². The molecule has 3 aromatic rings. The number of aryl methyl sites for hydroxylation is 1. The third kappa shape index (κ3) is 3.36. The maximum absolute atomic E-state index is 13.7. The number of hydrogen-bond donors (Lipinski definition) is 1. The highest BCUT2D eigenvalue weighted by molar-refractivity contribution is 5.93. The van der Waals surface area contributed by atoms with Gasteiger partial charge < -0.3 is 5.11 Å². The zero-order valence-corrected chi connectivity index (χ0v) is 18.0. The summed E-state index contributed by atoms with van der Waals surface area (Å²) >= 11 is 0. The van der Waals surface area contributed by atoms with Gasteiger partial charge in [0.25, 0.3) is 5.56 Å². The number of nitrogens with zero attached hydrogens (tertiary/aromatic N) is 5. The molecule has 1 saturated carbocycles. The zero-order valence-electron chi connectivity index (χ0n) is 18.0. The minimum atomic E-state index is -1.03. The molecule has 0 radical (unpaired) electrons. The molecule has 1 N–H and O–H groups in total. The molecule has 1 unspecified atom stereocenters. The smallest absolute Gasteiger partial charge is 0.408 e. The van der Waals surface area contributed by atoms with Gasteiger partial charge in [-0.2, -0.15) is 5.10 Å². The highest BCUT2D eigenvalue weighted by atomic mass is 16.4. The predicted octanol–water partition coefficient (Wildman–Crippen LogP) is 3.97. The molecule has 30 heavy (non-hydrogen) atoms. The SMILES string of the molecule is CC(c1nc2cccc(-c3cnn(C)c3)c2c(=O)n1C1CC1)N(C(=O)O)C(C)(C)C. The van der Waals surface area contributed by atoms with Crippen LogP contribution in [-0.2, 0) is 7.05 Å². The van der Waals surface area contributed by atoms with Crippen molar-refractivity contribution in [3.05, 3.63) is 46.8 Å². The van der Waals surface area contributed by atoms with E-state index < -0.39 is 17.7 Å². The summed E-state index contributed by atoms with van der Waals surface area (Å²) in [5.41, 5.74) is 1.45. The summed E-state index contributed by atoms with van der Waals surface area (Å²) in [5, 5.41) is 14.6. The minimum Gasteiger partial charge on any atom is -0.465 e. The molecule has 0 saturated heterocycles. The number of rotatable bonds is 4. The first-order valence-electron chi connectivity index (χ1n) is 10.2. The van der Waals surface area contributed by atoms with Crippen molar-refractivity contribution in [1.82, 2.24) is 24.2 Å². The highest BCUT2D eigenvalue weighted by Crippen LogP contribution is 2.38. The monoisotopic (exact) mass is 409 g/mol. The van der Waals surface area contributed by atoms with E-state index in [0.717, 1.165) is 24.0 Å². The van der Waals surface area contributed by atoms with E-state index in [1.165, 1.54) is 4.90 Å². The molecule has 2 heterocycles. The maximum Gasteiger partial charge on any atom is 0.408 e. The Bertz CT molecular complexity index is 1180. The molecular formula is C22H27N5O3. The van der Waals surface area contributed by atoms with Gasteiger partial charge in [-0.3, -0.25) is 18.9 Å². The molecule has 1 aliphatic rings. The molecule has 158 valence electrons. The number of hydrogen-bond acceptors (Lipinski definition) is 4. The topological polar surface area (TPSA) is 93.3 Å². The summed E-state index contributed by atoms with van der Waals surface area (Å²) in [4.78, 5) is 32.0. The molecular weight excluding hydrogens is 382 g/mol. The Hall–Kier alpha value is -3.16. The predicted molar refractivity (Wildman–Crippen MR) is 115 cm³/mol. The van der Waals surface area contributed by atoms with Crippen molar-refractivity contribution in [2.24, 2.45) is 7.05 Å². The molecule has 1 aromatic carbocycles. The van der Waals surface area contributed by atoms with Crippen LogP contribution in [0.3, 0.4) is 0 Å². The summed E-state index contributed by atoms with van der Waals surface area (Å²) in [5.74, 6) is 0.496. The molecule has 0 bridgehead atoms. The van der Waals surface area contributed by atoms with Crippen molar-refractivity contribution < 1.29 is 9.90 Å². The summed E-state index contributed by atoms with van der Waals surface area (Å²) in [6.07, 6.45) is 4.36. The first kappa shape index (κ1) is 20.1. The fraction of sp³-hybridized carbons (Fsp3) is 0.455. The van der Waals surface area contributed by atoms with Crippen LogP contribution in [-0.4, -0.2) is 41.0 Å². The molecule has 4 rings (SSSR count). The highest BCUT2D eigenvalue weighted by Gasteiger charge is 2.37. The standard InChI is InChI=1S/C22H27N5O3/c1-13(27(21(29)30)22(2,3)4)19-24-17-8-6-7-16(14-11-23-25(5)12-14)18(17)20(28)26(19)15-9-10-15/h6-8,11-13,15H,9-10H2,1-5H3,(H,29,30). The quantitative estimate of drug-likeness (QED) is 0.704. The molecule has 0 spiro atoms. The van der Waals surface area contributed by atoms with E-state index in [0.29, 0.717) is 16.7 Å². The van der Waals surface area contributed by atoms with Crippen molar-refractivity contribution in [3.8, 4) is 11.1 Å². The fourth-order valence-corrected chi connectivity index (χ4v) is 4.19. The number of carboxylic acid groups (broad SMARTS) is 1. The van der Waals surface area contributed by atoms with Crippen LogP contribution in [0, 0.1) is 0 Å². The molecule has 1 fully saturated rings. The second-order valence-electron chi connectivity index (χ2n) is 8.98. The first-order chi connectivity index (χ1) is 14.1. The fourth-order valence-electron chi connectivity index (χ4n) is 4.19. The number of fused-ring (bicyclic) bond motifs is 1. The van der Waals surface area contributed by atoms with Gasteiger partial charge in [0.2, 0.25) is 0 Å². The van der Waals surface area contributed by atoms with Gasteiger partial charge in [-0.1, -0.05) is 12.1 Å².